The molecule has 2 nitrogen and oxygen atoms in total. The highest BCUT2D eigenvalue weighted by Crippen LogP contribution is 2.56. The number of allylic oxidation sites excluding steroid dienone is 4. The van der Waals surface area contributed by atoms with Crippen LogP contribution >= 0.6 is 31.9 Å². The van der Waals surface area contributed by atoms with E-state index < -0.39 is 4.32 Å². The molecule has 23 heavy (non-hydrogen) atoms. The zero-order valence-electron chi connectivity index (χ0n) is 11.8. The van der Waals surface area contributed by atoms with Gasteiger partial charge in [-0.3, -0.25) is 9.59 Å². The molecule has 0 bridgehead atoms. The average Bonchev–Trinajstić information content (AvgIpc) is 2.82. The van der Waals surface area contributed by atoms with Gasteiger partial charge in [0.05, 0.1) is 4.48 Å². The fourth-order valence-corrected chi connectivity index (χ4v) is 4.60. The molecule has 4 rings (SSSR count). The number of alkyl halides is 1. The van der Waals surface area contributed by atoms with Gasteiger partial charge in [-0.1, -0.05) is 64.5 Å². The van der Waals surface area contributed by atoms with Crippen LogP contribution in [-0.2, 0) is 13.9 Å². The van der Waals surface area contributed by atoms with E-state index in [1.807, 2.05) is 48.5 Å². The molecule has 0 radical (unpaired) electrons. The van der Waals surface area contributed by atoms with Gasteiger partial charge in [-0.25, -0.2) is 0 Å². The molecule has 2 aromatic rings. The summed E-state index contributed by atoms with van der Waals surface area (Å²) in [5.74, 6) is -0.361. The standard InChI is InChI=1S/C19H10Br2O2/c20-16-10-17(22)15(9-18(16)23)19(21)13-7-3-1-5-11(13)12-6-2-4-8-14(12)19/h1-10H. The zero-order chi connectivity index (χ0) is 16.2. The van der Waals surface area contributed by atoms with Gasteiger partial charge in [0, 0.05) is 11.6 Å². The van der Waals surface area contributed by atoms with Crippen LogP contribution in [0.5, 0.6) is 0 Å². The molecule has 112 valence electrons. The molecule has 2 aromatic carbocycles. The third-order valence-corrected chi connectivity index (χ3v) is 6.19. The van der Waals surface area contributed by atoms with Gasteiger partial charge >= 0.3 is 0 Å². The van der Waals surface area contributed by atoms with Crippen LogP contribution in [0.1, 0.15) is 11.1 Å². The first kappa shape index (κ1) is 14.8. The van der Waals surface area contributed by atoms with E-state index in [2.05, 4.69) is 31.9 Å². The number of carbonyl (C=O) groups excluding carboxylic acids is 2. The van der Waals surface area contributed by atoms with Crippen molar-refractivity contribution in [2.75, 3.05) is 0 Å². The summed E-state index contributed by atoms with van der Waals surface area (Å²) in [4.78, 5) is 24.7. The minimum Gasteiger partial charge on any atom is -0.290 e. The van der Waals surface area contributed by atoms with E-state index in [-0.39, 0.29) is 11.6 Å². The number of ketones is 2. The summed E-state index contributed by atoms with van der Waals surface area (Å²) in [6, 6.07) is 15.9. The van der Waals surface area contributed by atoms with Crippen LogP contribution in [0, 0.1) is 0 Å². The number of rotatable bonds is 1. The van der Waals surface area contributed by atoms with E-state index in [9.17, 15) is 9.59 Å². The van der Waals surface area contributed by atoms with Crippen LogP contribution in [0.3, 0.4) is 0 Å². The van der Waals surface area contributed by atoms with Crippen molar-refractivity contribution in [3.8, 4) is 11.1 Å². The van der Waals surface area contributed by atoms with Crippen LogP contribution in [0.25, 0.3) is 11.1 Å². The van der Waals surface area contributed by atoms with Gasteiger partial charge < -0.3 is 0 Å². The predicted octanol–water partition coefficient (Wildman–Crippen LogP) is 4.66. The van der Waals surface area contributed by atoms with Crippen molar-refractivity contribution in [1.29, 1.82) is 0 Å². The second-order valence-electron chi connectivity index (χ2n) is 5.53. The minimum absolute atomic E-state index is 0.167. The molecule has 2 aliphatic carbocycles. The Labute approximate surface area is 150 Å². The first-order chi connectivity index (χ1) is 11.0. The van der Waals surface area contributed by atoms with Gasteiger partial charge in [0.25, 0.3) is 0 Å². The molecular formula is C19H10Br2O2. The molecule has 0 aromatic heterocycles. The largest absolute Gasteiger partial charge is 0.290 e. The average molecular weight is 430 g/mol. The van der Waals surface area contributed by atoms with Crippen molar-refractivity contribution in [1.82, 2.24) is 0 Å². The number of hydrogen-bond donors (Lipinski definition) is 0. The van der Waals surface area contributed by atoms with Crippen LogP contribution in [-0.4, -0.2) is 11.6 Å². The van der Waals surface area contributed by atoms with Crippen molar-refractivity contribution < 1.29 is 9.59 Å². The maximum Gasteiger partial charge on any atom is 0.193 e. The lowest BCUT2D eigenvalue weighted by atomic mass is 9.84. The van der Waals surface area contributed by atoms with Gasteiger partial charge in [0.2, 0.25) is 0 Å². The second-order valence-corrected chi connectivity index (χ2v) is 7.57. The zero-order valence-corrected chi connectivity index (χ0v) is 15.0. The van der Waals surface area contributed by atoms with Crippen molar-refractivity contribution in [2.45, 2.75) is 4.32 Å². The fourth-order valence-electron chi connectivity index (χ4n) is 3.28. The first-order valence-electron chi connectivity index (χ1n) is 7.10. The predicted molar refractivity (Wildman–Crippen MR) is 96.7 cm³/mol. The van der Waals surface area contributed by atoms with Crippen LogP contribution in [0.4, 0.5) is 0 Å². The smallest absolute Gasteiger partial charge is 0.193 e. The fraction of sp³-hybridized carbons (Fsp3) is 0.0526. The van der Waals surface area contributed by atoms with E-state index >= 15 is 0 Å². The quantitative estimate of drug-likeness (QED) is 0.487. The Kier molecular flexibility index (Phi) is 3.29. The normalized spacial score (nSPS) is 18.2. The summed E-state index contributed by atoms with van der Waals surface area (Å²) < 4.78 is -0.501. The SMILES string of the molecule is O=C1C=C(C2(Br)c3ccccc3-c3ccccc32)C(=O)C=C1Br. The Hall–Kier alpha value is -1.78. The molecular weight excluding hydrogens is 420 g/mol. The molecule has 0 saturated carbocycles. The van der Waals surface area contributed by atoms with E-state index in [4.69, 9.17) is 0 Å². The molecule has 0 aliphatic heterocycles. The molecule has 0 heterocycles. The van der Waals surface area contributed by atoms with Gasteiger partial charge in [-0.05, 0) is 44.3 Å². The molecule has 0 amide bonds. The van der Waals surface area contributed by atoms with Crippen LogP contribution < -0.4 is 0 Å². The van der Waals surface area contributed by atoms with Crippen molar-refractivity contribution in [3.63, 3.8) is 0 Å². The summed E-state index contributed by atoms with van der Waals surface area (Å²) in [6.45, 7) is 0. The van der Waals surface area contributed by atoms with E-state index in [1.54, 1.807) is 0 Å². The molecule has 0 atom stereocenters. The molecule has 4 heteroatoms. The molecule has 0 spiro atoms. The lowest BCUT2D eigenvalue weighted by Crippen LogP contribution is -2.27. The summed E-state index contributed by atoms with van der Waals surface area (Å²) in [7, 11) is 0. The molecule has 0 fully saturated rings. The number of hydrogen-bond acceptors (Lipinski definition) is 2. The van der Waals surface area contributed by atoms with Gasteiger partial charge in [0.15, 0.2) is 11.6 Å². The number of fused-ring (bicyclic) bond motifs is 3. The Balaban J connectivity index is 2.03. The highest BCUT2D eigenvalue weighted by Gasteiger charge is 2.46. The van der Waals surface area contributed by atoms with Crippen molar-refractivity contribution in [3.05, 3.63) is 81.9 Å². The molecule has 2 aliphatic rings. The highest BCUT2D eigenvalue weighted by atomic mass is 79.9. The highest BCUT2D eigenvalue weighted by molar-refractivity contribution is 9.12. The maximum absolute atomic E-state index is 12.6. The van der Waals surface area contributed by atoms with Gasteiger partial charge in [-0.15, -0.1) is 0 Å². The summed E-state index contributed by atoms with van der Waals surface area (Å²) in [5, 5.41) is 0. The van der Waals surface area contributed by atoms with Crippen molar-refractivity contribution in [2.24, 2.45) is 0 Å². The molecule has 0 N–H and O–H groups in total. The Morgan fingerprint density at radius 2 is 1.26 bits per heavy atom. The maximum atomic E-state index is 12.6. The first-order valence-corrected chi connectivity index (χ1v) is 8.68. The van der Waals surface area contributed by atoms with E-state index in [1.165, 1.54) is 12.2 Å². The second kappa shape index (κ2) is 5.11. The van der Waals surface area contributed by atoms with Gasteiger partial charge in [-0.2, -0.15) is 0 Å². The summed E-state index contributed by atoms with van der Waals surface area (Å²) in [5.41, 5.74) is 4.58. The number of carbonyl (C=O) groups is 2. The molecule has 0 unspecified atom stereocenters. The summed E-state index contributed by atoms with van der Waals surface area (Å²) in [6.07, 6.45) is 2.78. The van der Waals surface area contributed by atoms with E-state index in [0.29, 0.717) is 10.1 Å². The molecule has 0 saturated heterocycles. The monoisotopic (exact) mass is 428 g/mol. The van der Waals surface area contributed by atoms with Crippen LogP contribution in [0.15, 0.2) is 70.7 Å². The third kappa shape index (κ3) is 1.98. The lowest BCUT2D eigenvalue weighted by molar-refractivity contribution is -0.114. The van der Waals surface area contributed by atoms with Gasteiger partial charge in [0.1, 0.15) is 4.32 Å². The van der Waals surface area contributed by atoms with E-state index in [0.717, 1.165) is 22.3 Å². The minimum atomic E-state index is -0.795. The van der Waals surface area contributed by atoms with Crippen LogP contribution in [0.2, 0.25) is 0 Å². The Morgan fingerprint density at radius 1 is 0.739 bits per heavy atom. The Bertz CT molecular complexity index is 892. The third-order valence-electron chi connectivity index (χ3n) is 4.29. The summed E-state index contributed by atoms with van der Waals surface area (Å²) >= 11 is 6.95. The van der Waals surface area contributed by atoms with Crippen molar-refractivity contribution >= 4 is 43.4 Å². The number of halogens is 2. The lowest BCUT2D eigenvalue weighted by Gasteiger charge is -2.28. The Morgan fingerprint density at radius 3 is 1.83 bits per heavy atom. The topological polar surface area (TPSA) is 34.1 Å². The number of benzene rings is 2.